The van der Waals surface area contributed by atoms with Gasteiger partial charge in [0.25, 0.3) is 0 Å². The second-order valence-electron chi connectivity index (χ2n) is 8.19. The number of rotatable bonds is 6. The zero-order valence-electron chi connectivity index (χ0n) is 18.5. The third kappa shape index (κ3) is 5.60. The summed E-state index contributed by atoms with van der Waals surface area (Å²) in [5, 5.41) is 7.53. The number of piperazine rings is 1. The monoisotopic (exact) mass is 397 g/mol. The van der Waals surface area contributed by atoms with Gasteiger partial charge in [0, 0.05) is 51.9 Å². The molecular formula is C23H35N5O. The molecule has 0 saturated carbocycles. The van der Waals surface area contributed by atoms with Crippen LogP contribution in [0.1, 0.15) is 47.9 Å². The van der Waals surface area contributed by atoms with Crippen molar-refractivity contribution >= 4 is 5.96 Å². The molecule has 6 nitrogen and oxygen atoms in total. The van der Waals surface area contributed by atoms with Crippen LogP contribution in [0.4, 0.5) is 0 Å². The third-order valence-electron chi connectivity index (χ3n) is 5.78. The molecule has 0 bridgehead atoms. The van der Waals surface area contributed by atoms with Crippen molar-refractivity contribution in [3.63, 3.8) is 0 Å². The van der Waals surface area contributed by atoms with Crippen LogP contribution in [0, 0.1) is 13.8 Å². The van der Waals surface area contributed by atoms with Crippen molar-refractivity contribution < 1.29 is 4.52 Å². The minimum absolute atomic E-state index is 0.587. The van der Waals surface area contributed by atoms with Crippen molar-refractivity contribution in [2.24, 2.45) is 4.99 Å². The highest BCUT2D eigenvalue weighted by Gasteiger charge is 2.20. The van der Waals surface area contributed by atoms with E-state index in [-0.39, 0.29) is 0 Å². The van der Waals surface area contributed by atoms with E-state index in [0.717, 1.165) is 63.1 Å². The summed E-state index contributed by atoms with van der Waals surface area (Å²) in [7, 11) is 1.86. The van der Waals surface area contributed by atoms with E-state index in [4.69, 9.17) is 4.52 Å². The normalized spacial score (nSPS) is 15.9. The Balaban J connectivity index is 1.44. The van der Waals surface area contributed by atoms with E-state index in [1.54, 1.807) is 0 Å². The molecule has 2 aromatic rings. The summed E-state index contributed by atoms with van der Waals surface area (Å²) < 4.78 is 5.25. The Kier molecular flexibility index (Phi) is 7.31. The number of benzene rings is 1. The molecule has 1 fully saturated rings. The molecule has 29 heavy (non-hydrogen) atoms. The molecule has 0 amide bonds. The zero-order valence-corrected chi connectivity index (χ0v) is 18.5. The quantitative estimate of drug-likeness (QED) is 0.598. The van der Waals surface area contributed by atoms with Gasteiger partial charge in [0.15, 0.2) is 5.96 Å². The summed E-state index contributed by atoms with van der Waals surface area (Å²) in [5.74, 6) is 2.48. The van der Waals surface area contributed by atoms with Gasteiger partial charge in [-0.15, -0.1) is 0 Å². The molecule has 0 unspecified atom stereocenters. The number of hydrogen-bond donors (Lipinski definition) is 1. The molecular weight excluding hydrogens is 362 g/mol. The van der Waals surface area contributed by atoms with Gasteiger partial charge < -0.3 is 14.7 Å². The first kappa shape index (κ1) is 21.4. The van der Waals surface area contributed by atoms with E-state index in [1.165, 1.54) is 16.7 Å². The number of nitrogens with one attached hydrogen (secondary N) is 1. The standard InChI is InChI=1S/C23H35N5O/c1-17(2)21-8-6-20(7-9-21)16-27-12-14-28(15-13-27)23(24-5)25-11-10-22-18(3)26-29-19(22)4/h6-9,17H,10-16H2,1-5H3,(H,24,25). The Bertz CT molecular complexity index is 782. The minimum atomic E-state index is 0.587. The number of hydrogen-bond acceptors (Lipinski definition) is 4. The predicted octanol–water partition coefficient (Wildman–Crippen LogP) is 3.35. The van der Waals surface area contributed by atoms with Crippen LogP contribution in [0.3, 0.4) is 0 Å². The first-order valence-electron chi connectivity index (χ1n) is 10.7. The number of aliphatic imine (C=N–C) groups is 1. The van der Waals surface area contributed by atoms with Crippen LogP contribution < -0.4 is 5.32 Å². The van der Waals surface area contributed by atoms with Gasteiger partial charge in [0.2, 0.25) is 0 Å². The number of aromatic nitrogens is 1. The summed E-state index contributed by atoms with van der Waals surface area (Å²) in [6.07, 6.45) is 0.895. The topological polar surface area (TPSA) is 56.9 Å². The van der Waals surface area contributed by atoms with Crippen LogP contribution in [0.2, 0.25) is 0 Å². The van der Waals surface area contributed by atoms with E-state index >= 15 is 0 Å². The van der Waals surface area contributed by atoms with Gasteiger partial charge in [0.1, 0.15) is 5.76 Å². The fraction of sp³-hybridized carbons (Fsp3) is 0.565. The summed E-state index contributed by atoms with van der Waals surface area (Å²) in [4.78, 5) is 9.36. The largest absolute Gasteiger partial charge is 0.361 e. The highest BCUT2D eigenvalue weighted by atomic mass is 16.5. The first-order chi connectivity index (χ1) is 14.0. The maximum atomic E-state index is 5.25. The Morgan fingerprint density at radius 3 is 2.38 bits per heavy atom. The Labute approximate surface area is 175 Å². The molecule has 1 saturated heterocycles. The van der Waals surface area contributed by atoms with Crippen LogP contribution in [0.5, 0.6) is 0 Å². The Morgan fingerprint density at radius 1 is 1.14 bits per heavy atom. The SMILES string of the molecule is CN=C(NCCc1c(C)noc1C)N1CCN(Cc2ccc(C(C)C)cc2)CC1. The molecule has 1 aliphatic heterocycles. The van der Waals surface area contributed by atoms with Crippen molar-refractivity contribution in [3.8, 4) is 0 Å². The van der Waals surface area contributed by atoms with Crippen molar-refractivity contribution in [2.45, 2.75) is 46.6 Å². The van der Waals surface area contributed by atoms with Gasteiger partial charge in [-0.05, 0) is 37.3 Å². The van der Waals surface area contributed by atoms with Crippen molar-refractivity contribution in [3.05, 3.63) is 52.4 Å². The van der Waals surface area contributed by atoms with E-state index in [9.17, 15) is 0 Å². The minimum Gasteiger partial charge on any atom is -0.361 e. The lowest BCUT2D eigenvalue weighted by molar-refractivity contribution is 0.172. The lowest BCUT2D eigenvalue weighted by Gasteiger charge is -2.36. The second kappa shape index (κ2) is 9.92. The van der Waals surface area contributed by atoms with Crippen molar-refractivity contribution in [1.82, 2.24) is 20.3 Å². The van der Waals surface area contributed by atoms with Crippen molar-refractivity contribution in [1.29, 1.82) is 0 Å². The number of aryl methyl sites for hydroxylation is 2. The Hall–Kier alpha value is -2.34. The average Bonchev–Trinajstić information content (AvgIpc) is 3.04. The van der Waals surface area contributed by atoms with Crippen molar-refractivity contribution in [2.75, 3.05) is 39.8 Å². The van der Waals surface area contributed by atoms with Gasteiger partial charge in [-0.3, -0.25) is 9.89 Å². The molecule has 158 valence electrons. The van der Waals surface area contributed by atoms with Crippen LogP contribution >= 0.6 is 0 Å². The smallest absolute Gasteiger partial charge is 0.193 e. The van der Waals surface area contributed by atoms with Crippen LogP contribution in [-0.4, -0.2) is 60.7 Å². The van der Waals surface area contributed by atoms with Gasteiger partial charge in [0.05, 0.1) is 5.69 Å². The molecule has 1 aliphatic rings. The van der Waals surface area contributed by atoms with E-state index < -0.39 is 0 Å². The van der Waals surface area contributed by atoms with E-state index in [0.29, 0.717) is 5.92 Å². The molecule has 3 rings (SSSR count). The summed E-state index contributed by atoms with van der Waals surface area (Å²) in [6, 6.07) is 9.08. The zero-order chi connectivity index (χ0) is 20.8. The average molecular weight is 398 g/mol. The molecule has 0 atom stereocenters. The fourth-order valence-electron chi connectivity index (χ4n) is 3.87. The number of nitrogens with zero attached hydrogens (tertiary/aromatic N) is 4. The summed E-state index contributed by atoms with van der Waals surface area (Å²) in [6.45, 7) is 14.4. The first-order valence-corrected chi connectivity index (χ1v) is 10.7. The van der Waals surface area contributed by atoms with Crippen LogP contribution in [0.25, 0.3) is 0 Å². The van der Waals surface area contributed by atoms with Gasteiger partial charge in [-0.25, -0.2) is 0 Å². The maximum absolute atomic E-state index is 5.25. The van der Waals surface area contributed by atoms with E-state index in [2.05, 4.69) is 63.4 Å². The van der Waals surface area contributed by atoms with Gasteiger partial charge >= 0.3 is 0 Å². The van der Waals surface area contributed by atoms with E-state index in [1.807, 2.05) is 20.9 Å². The molecule has 0 radical (unpaired) electrons. The highest BCUT2D eigenvalue weighted by Crippen LogP contribution is 2.16. The predicted molar refractivity (Wildman–Crippen MR) is 118 cm³/mol. The molecule has 6 heteroatoms. The lowest BCUT2D eigenvalue weighted by atomic mass is 10.0. The van der Waals surface area contributed by atoms with Gasteiger partial charge in [-0.2, -0.15) is 0 Å². The third-order valence-corrected chi connectivity index (χ3v) is 5.78. The fourth-order valence-corrected chi connectivity index (χ4v) is 3.87. The molecule has 0 aliphatic carbocycles. The summed E-state index contributed by atoms with van der Waals surface area (Å²) >= 11 is 0. The highest BCUT2D eigenvalue weighted by molar-refractivity contribution is 5.80. The Morgan fingerprint density at radius 2 is 1.83 bits per heavy atom. The molecule has 2 heterocycles. The van der Waals surface area contributed by atoms with Crippen LogP contribution in [0.15, 0.2) is 33.8 Å². The molecule has 1 aromatic carbocycles. The molecule has 1 N–H and O–H groups in total. The number of guanidine groups is 1. The van der Waals surface area contributed by atoms with Crippen LogP contribution in [-0.2, 0) is 13.0 Å². The summed E-state index contributed by atoms with van der Waals surface area (Å²) in [5.41, 5.74) is 4.98. The molecule has 1 aromatic heterocycles. The van der Waals surface area contributed by atoms with Gasteiger partial charge in [-0.1, -0.05) is 43.3 Å². The second-order valence-corrected chi connectivity index (χ2v) is 8.19. The lowest BCUT2D eigenvalue weighted by Crippen LogP contribution is -2.52. The molecule has 0 spiro atoms. The maximum Gasteiger partial charge on any atom is 0.193 e.